The Kier molecular flexibility index (Phi) is 5.06. The fourth-order valence-corrected chi connectivity index (χ4v) is 4.88. The van der Waals surface area contributed by atoms with Crippen LogP contribution in [0.15, 0.2) is 59.0 Å². The lowest BCUT2D eigenvalue weighted by atomic mass is 9.89. The van der Waals surface area contributed by atoms with Gasteiger partial charge in [-0.25, -0.2) is 14.2 Å². The molecule has 1 N–H and O–H groups in total. The fraction of sp³-hybridized carbons (Fsp3) is 0.250. The van der Waals surface area contributed by atoms with Crippen LogP contribution in [-0.4, -0.2) is 50.3 Å². The van der Waals surface area contributed by atoms with E-state index in [4.69, 9.17) is 9.15 Å². The summed E-state index contributed by atoms with van der Waals surface area (Å²) in [5.41, 5.74) is 4.15. The van der Waals surface area contributed by atoms with E-state index in [2.05, 4.69) is 9.48 Å². The van der Waals surface area contributed by atoms with Gasteiger partial charge in [-0.05, 0) is 48.4 Å². The molecule has 0 amide bonds. The van der Waals surface area contributed by atoms with Crippen LogP contribution in [0.1, 0.15) is 33.6 Å². The Bertz CT molecular complexity index is 1540. The molecular formula is C28H25N2O5+. The lowest BCUT2D eigenvalue weighted by Crippen LogP contribution is -2.40. The SMILES string of the molecule is COC(=O)c1ccc(C(=O)O)c(-c2c3ccc(=[N+]4CCC4)cc-3oc3cc(N4CCC4)ccc23)c1. The molecule has 0 radical (unpaired) electrons. The predicted octanol–water partition coefficient (Wildman–Crippen LogP) is 4.08. The first kappa shape index (κ1) is 21.4. The van der Waals surface area contributed by atoms with Crippen molar-refractivity contribution in [2.45, 2.75) is 12.8 Å². The van der Waals surface area contributed by atoms with Crippen molar-refractivity contribution in [3.8, 4) is 22.5 Å². The maximum atomic E-state index is 12.3. The van der Waals surface area contributed by atoms with E-state index in [0.717, 1.165) is 53.7 Å². The zero-order chi connectivity index (χ0) is 24.1. The molecule has 2 aromatic carbocycles. The molecule has 35 heavy (non-hydrogen) atoms. The van der Waals surface area contributed by atoms with Gasteiger partial charge >= 0.3 is 11.9 Å². The Labute approximate surface area is 201 Å². The lowest BCUT2D eigenvalue weighted by Gasteiger charge is -2.33. The molecule has 7 nitrogen and oxygen atoms in total. The molecule has 2 aromatic rings. The third-order valence-electron chi connectivity index (χ3n) is 7.07. The minimum atomic E-state index is -1.06. The number of rotatable bonds is 4. The minimum Gasteiger partial charge on any atom is -0.478 e. The summed E-state index contributed by atoms with van der Waals surface area (Å²) in [7, 11) is 1.31. The Hall–Kier alpha value is -4.13. The van der Waals surface area contributed by atoms with Crippen molar-refractivity contribution in [1.82, 2.24) is 4.58 Å². The smallest absolute Gasteiger partial charge is 0.337 e. The maximum absolute atomic E-state index is 12.3. The molecular weight excluding hydrogens is 444 g/mol. The van der Waals surface area contributed by atoms with Gasteiger partial charge in [-0.15, -0.1) is 0 Å². The highest BCUT2D eigenvalue weighted by Crippen LogP contribution is 2.42. The second-order valence-corrected chi connectivity index (χ2v) is 9.08. The summed E-state index contributed by atoms with van der Waals surface area (Å²) in [5, 5.41) is 11.9. The van der Waals surface area contributed by atoms with Crippen molar-refractivity contribution < 1.29 is 23.8 Å². The molecule has 0 saturated carbocycles. The predicted molar refractivity (Wildman–Crippen MR) is 133 cm³/mol. The number of carbonyl (C=O) groups excluding carboxylic acids is 1. The number of hydrogen-bond acceptors (Lipinski definition) is 5. The summed E-state index contributed by atoms with van der Waals surface area (Å²) in [4.78, 5) is 26.9. The number of carboxylic acid groups (broad SMARTS) is 1. The number of methoxy groups -OCH3 is 1. The highest BCUT2D eigenvalue weighted by molar-refractivity contribution is 6.09. The van der Waals surface area contributed by atoms with E-state index in [9.17, 15) is 14.7 Å². The molecule has 0 unspecified atom stereocenters. The van der Waals surface area contributed by atoms with Gasteiger partial charge in [-0.2, -0.15) is 0 Å². The van der Waals surface area contributed by atoms with E-state index in [1.54, 1.807) is 6.07 Å². The zero-order valence-electron chi connectivity index (χ0n) is 19.4. The van der Waals surface area contributed by atoms with E-state index in [-0.39, 0.29) is 5.56 Å². The van der Waals surface area contributed by atoms with Gasteiger partial charge < -0.3 is 19.2 Å². The number of nitrogens with zero attached hydrogens (tertiary/aromatic N) is 2. The zero-order valence-corrected chi connectivity index (χ0v) is 19.4. The molecule has 4 aliphatic rings. The summed E-state index contributed by atoms with van der Waals surface area (Å²) >= 11 is 0. The van der Waals surface area contributed by atoms with Crippen molar-refractivity contribution in [3.05, 3.63) is 71.1 Å². The van der Waals surface area contributed by atoms with E-state index >= 15 is 0 Å². The van der Waals surface area contributed by atoms with Gasteiger partial charge in [0.15, 0.2) is 0 Å². The standard InChI is InChI=1S/C28H24N2O5/c1-34-28(33)17-4-7-20(27(31)32)23(14-17)26-21-8-5-18(29-10-2-11-29)15-24(21)35-25-16-19(6-9-22(25)26)30-12-3-13-30/h4-9,14-16H,2-3,10-13H2,1H3/p+1. The third-order valence-corrected chi connectivity index (χ3v) is 7.07. The molecule has 0 atom stereocenters. The van der Waals surface area contributed by atoms with E-state index in [1.807, 2.05) is 36.4 Å². The molecule has 0 aromatic heterocycles. The lowest BCUT2D eigenvalue weighted by molar-refractivity contribution is 0.0598. The average Bonchev–Trinajstić information content (AvgIpc) is 2.79. The molecule has 7 heteroatoms. The van der Waals surface area contributed by atoms with Gasteiger partial charge in [0.05, 0.1) is 30.7 Å². The van der Waals surface area contributed by atoms with Gasteiger partial charge in [0.2, 0.25) is 5.36 Å². The number of aromatic carboxylic acids is 1. The first-order chi connectivity index (χ1) is 17.0. The molecule has 0 spiro atoms. The van der Waals surface area contributed by atoms with Crippen molar-refractivity contribution >= 4 is 28.6 Å². The fourth-order valence-electron chi connectivity index (χ4n) is 4.88. The van der Waals surface area contributed by atoms with Crippen molar-refractivity contribution in [2.75, 3.05) is 38.2 Å². The van der Waals surface area contributed by atoms with E-state index < -0.39 is 11.9 Å². The van der Waals surface area contributed by atoms with Gasteiger partial charge in [-0.1, -0.05) is 0 Å². The molecule has 1 aliphatic carbocycles. The minimum absolute atomic E-state index is 0.116. The number of anilines is 1. The number of carboxylic acids is 1. The second kappa shape index (κ2) is 8.27. The summed E-state index contributed by atoms with van der Waals surface area (Å²) in [6.45, 7) is 4.04. The Balaban J connectivity index is 1.69. The number of esters is 1. The monoisotopic (exact) mass is 469 g/mol. The molecule has 3 heterocycles. The van der Waals surface area contributed by atoms with Gasteiger partial charge in [-0.3, -0.25) is 0 Å². The van der Waals surface area contributed by atoms with Crippen molar-refractivity contribution in [2.24, 2.45) is 0 Å². The topological polar surface area (TPSA) is 83.0 Å². The largest absolute Gasteiger partial charge is 0.478 e. The van der Waals surface area contributed by atoms with E-state index in [0.29, 0.717) is 22.5 Å². The Morgan fingerprint density at radius 1 is 0.971 bits per heavy atom. The van der Waals surface area contributed by atoms with Gasteiger partial charge in [0.1, 0.15) is 24.4 Å². The quantitative estimate of drug-likeness (QED) is 0.276. The van der Waals surface area contributed by atoms with Crippen molar-refractivity contribution in [1.29, 1.82) is 0 Å². The number of hydrogen-bond donors (Lipinski definition) is 1. The van der Waals surface area contributed by atoms with Crippen molar-refractivity contribution in [3.63, 3.8) is 0 Å². The van der Waals surface area contributed by atoms with Crippen LogP contribution in [0.25, 0.3) is 33.4 Å². The first-order valence-corrected chi connectivity index (χ1v) is 11.8. The third kappa shape index (κ3) is 3.55. The van der Waals surface area contributed by atoms with Crippen LogP contribution >= 0.6 is 0 Å². The summed E-state index contributed by atoms with van der Waals surface area (Å²) in [6.07, 6.45) is 2.33. The first-order valence-electron chi connectivity index (χ1n) is 11.8. The highest BCUT2D eigenvalue weighted by atomic mass is 16.5. The van der Waals surface area contributed by atoms with Crippen LogP contribution in [0.5, 0.6) is 0 Å². The summed E-state index contributed by atoms with van der Waals surface area (Å²) < 4.78 is 13.6. The van der Waals surface area contributed by atoms with Crippen LogP contribution in [0.2, 0.25) is 0 Å². The van der Waals surface area contributed by atoms with Crippen LogP contribution in [0.4, 0.5) is 5.69 Å². The number of benzene rings is 3. The Morgan fingerprint density at radius 2 is 1.80 bits per heavy atom. The second-order valence-electron chi connectivity index (χ2n) is 9.08. The van der Waals surface area contributed by atoms with E-state index in [1.165, 1.54) is 32.1 Å². The van der Waals surface area contributed by atoms with Crippen LogP contribution in [0.3, 0.4) is 0 Å². The normalized spacial score (nSPS) is 15.1. The van der Waals surface area contributed by atoms with Gasteiger partial charge in [0.25, 0.3) is 0 Å². The molecule has 3 aliphatic heterocycles. The van der Waals surface area contributed by atoms with Crippen LogP contribution in [-0.2, 0) is 4.74 Å². The summed E-state index contributed by atoms with van der Waals surface area (Å²) in [6, 6.07) is 16.7. The maximum Gasteiger partial charge on any atom is 0.337 e. The van der Waals surface area contributed by atoms with Gasteiger partial charge in [0, 0.05) is 47.4 Å². The number of fused-ring (bicyclic) bond motifs is 2. The molecule has 2 fully saturated rings. The number of carbonyl (C=O) groups is 2. The Morgan fingerprint density at radius 3 is 2.46 bits per heavy atom. The molecule has 176 valence electrons. The molecule has 6 rings (SSSR count). The van der Waals surface area contributed by atoms with Crippen LogP contribution < -0.4 is 14.8 Å². The highest BCUT2D eigenvalue weighted by Gasteiger charge is 2.25. The molecule has 0 bridgehead atoms. The van der Waals surface area contributed by atoms with Crippen LogP contribution in [0, 0.1) is 0 Å². The number of ether oxygens (including phenoxy) is 1. The average molecular weight is 470 g/mol. The molecule has 2 saturated heterocycles. The summed E-state index contributed by atoms with van der Waals surface area (Å²) in [5.74, 6) is -0.900.